The fraction of sp³-hybridized carbons (Fsp3) is 0.150. The number of amides is 1. The fourth-order valence-corrected chi connectivity index (χ4v) is 3.16. The van der Waals surface area contributed by atoms with Crippen molar-refractivity contribution in [1.82, 2.24) is 9.97 Å². The van der Waals surface area contributed by atoms with Crippen molar-refractivity contribution in [2.75, 3.05) is 22.5 Å². The molecule has 1 aromatic heterocycles. The molecule has 27 heavy (non-hydrogen) atoms. The Morgan fingerprint density at radius 3 is 2.37 bits per heavy atom. The van der Waals surface area contributed by atoms with Crippen molar-refractivity contribution >= 4 is 51.5 Å². The minimum absolute atomic E-state index is 0.123. The van der Waals surface area contributed by atoms with Gasteiger partial charge in [-0.25, -0.2) is 9.97 Å². The fourth-order valence-electron chi connectivity index (χ4n) is 2.53. The molecule has 0 spiro atoms. The first-order valence-corrected chi connectivity index (χ1v) is 9.65. The normalized spacial score (nSPS) is 10.3. The van der Waals surface area contributed by atoms with Crippen LogP contribution in [-0.2, 0) is 0 Å². The molecule has 0 bridgehead atoms. The van der Waals surface area contributed by atoms with Gasteiger partial charge in [0, 0.05) is 27.6 Å². The molecule has 3 N–H and O–H groups in total. The van der Waals surface area contributed by atoms with Crippen LogP contribution in [0.4, 0.5) is 23.0 Å². The predicted octanol–water partition coefficient (Wildman–Crippen LogP) is 4.82. The summed E-state index contributed by atoms with van der Waals surface area (Å²) in [4.78, 5) is 21.1. The van der Waals surface area contributed by atoms with Gasteiger partial charge in [-0.2, -0.15) is 0 Å². The molecule has 0 fully saturated rings. The number of hydrogen-bond acceptors (Lipinski definition) is 5. The molecule has 2 aromatic carbocycles. The summed E-state index contributed by atoms with van der Waals surface area (Å²) in [5.74, 6) is 2.07. The lowest BCUT2D eigenvalue weighted by Gasteiger charge is -2.11. The van der Waals surface area contributed by atoms with Crippen molar-refractivity contribution in [2.45, 2.75) is 13.8 Å². The van der Waals surface area contributed by atoms with Gasteiger partial charge >= 0.3 is 0 Å². The molecule has 0 unspecified atom stereocenters. The van der Waals surface area contributed by atoms with Gasteiger partial charge in [0.1, 0.15) is 17.5 Å². The molecular formula is C20H20IN5O. The van der Waals surface area contributed by atoms with Crippen LogP contribution >= 0.6 is 22.6 Å². The highest BCUT2D eigenvalue weighted by Gasteiger charge is 2.09. The van der Waals surface area contributed by atoms with E-state index in [0.29, 0.717) is 17.2 Å². The third kappa shape index (κ3) is 5.16. The zero-order chi connectivity index (χ0) is 19.2. The van der Waals surface area contributed by atoms with Crippen molar-refractivity contribution in [3.63, 3.8) is 0 Å². The number of carbonyl (C=O) groups is 1. The van der Waals surface area contributed by atoms with E-state index in [1.807, 2.05) is 68.4 Å². The second-order valence-corrected chi connectivity index (χ2v) is 7.01. The summed E-state index contributed by atoms with van der Waals surface area (Å²) in [5.41, 5.74) is 2.27. The molecule has 1 amide bonds. The van der Waals surface area contributed by atoms with Gasteiger partial charge < -0.3 is 16.0 Å². The second-order valence-electron chi connectivity index (χ2n) is 5.85. The van der Waals surface area contributed by atoms with Crippen molar-refractivity contribution in [3.8, 4) is 0 Å². The maximum Gasteiger partial charge on any atom is 0.256 e. The summed E-state index contributed by atoms with van der Waals surface area (Å²) in [6.07, 6.45) is 0. The van der Waals surface area contributed by atoms with E-state index in [0.717, 1.165) is 27.3 Å². The number of aromatic nitrogens is 2. The Labute approximate surface area is 172 Å². The van der Waals surface area contributed by atoms with E-state index in [1.165, 1.54) is 0 Å². The molecule has 0 radical (unpaired) electrons. The van der Waals surface area contributed by atoms with Gasteiger partial charge in [-0.1, -0.05) is 12.1 Å². The van der Waals surface area contributed by atoms with Crippen LogP contribution < -0.4 is 16.0 Å². The van der Waals surface area contributed by atoms with Crippen LogP contribution in [0.1, 0.15) is 23.1 Å². The number of halogens is 1. The maximum absolute atomic E-state index is 12.4. The van der Waals surface area contributed by atoms with Crippen molar-refractivity contribution < 1.29 is 4.79 Å². The van der Waals surface area contributed by atoms with Crippen LogP contribution in [-0.4, -0.2) is 22.4 Å². The van der Waals surface area contributed by atoms with Crippen LogP contribution in [0, 0.1) is 10.5 Å². The summed E-state index contributed by atoms with van der Waals surface area (Å²) in [5, 5.41) is 9.36. The first kappa shape index (κ1) is 19.1. The average Bonchev–Trinajstić information content (AvgIpc) is 2.63. The molecule has 0 aliphatic carbocycles. The van der Waals surface area contributed by atoms with Gasteiger partial charge in [0.25, 0.3) is 5.91 Å². The number of rotatable bonds is 6. The Kier molecular flexibility index (Phi) is 6.23. The molecule has 3 rings (SSSR count). The highest BCUT2D eigenvalue weighted by molar-refractivity contribution is 14.1. The summed E-state index contributed by atoms with van der Waals surface area (Å²) in [7, 11) is 0. The van der Waals surface area contributed by atoms with Crippen LogP contribution in [0.5, 0.6) is 0 Å². The van der Waals surface area contributed by atoms with Crippen LogP contribution in [0.3, 0.4) is 0 Å². The predicted molar refractivity (Wildman–Crippen MR) is 118 cm³/mol. The van der Waals surface area contributed by atoms with E-state index < -0.39 is 0 Å². The number of benzene rings is 2. The SMILES string of the molecule is CCNc1cc(Nc2ccc(NC(=O)c3ccccc3I)cc2)nc(C)n1. The van der Waals surface area contributed by atoms with Crippen LogP contribution in [0.2, 0.25) is 0 Å². The molecule has 0 aliphatic rings. The number of nitrogens with zero attached hydrogens (tertiary/aromatic N) is 2. The number of carbonyl (C=O) groups excluding carboxylic acids is 1. The maximum atomic E-state index is 12.4. The Morgan fingerprint density at radius 2 is 1.67 bits per heavy atom. The molecule has 3 aromatic rings. The molecule has 0 saturated heterocycles. The number of aryl methyl sites for hydroxylation is 1. The molecule has 0 aliphatic heterocycles. The van der Waals surface area contributed by atoms with Gasteiger partial charge in [0.05, 0.1) is 5.56 Å². The smallest absolute Gasteiger partial charge is 0.256 e. The lowest BCUT2D eigenvalue weighted by atomic mass is 10.2. The molecule has 0 atom stereocenters. The second kappa shape index (κ2) is 8.81. The molecule has 7 heteroatoms. The summed E-state index contributed by atoms with van der Waals surface area (Å²) < 4.78 is 0.918. The summed E-state index contributed by atoms with van der Waals surface area (Å²) >= 11 is 2.16. The topological polar surface area (TPSA) is 78.9 Å². The monoisotopic (exact) mass is 473 g/mol. The van der Waals surface area contributed by atoms with Gasteiger partial charge in [0.2, 0.25) is 0 Å². The molecule has 1 heterocycles. The highest BCUT2D eigenvalue weighted by atomic mass is 127. The minimum Gasteiger partial charge on any atom is -0.370 e. The van der Waals surface area contributed by atoms with E-state index in [9.17, 15) is 4.79 Å². The summed E-state index contributed by atoms with van der Waals surface area (Å²) in [6, 6.07) is 16.9. The Hall–Kier alpha value is -2.68. The minimum atomic E-state index is -0.123. The average molecular weight is 473 g/mol. The lowest BCUT2D eigenvalue weighted by Crippen LogP contribution is -2.13. The van der Waals surface area contributed by atoms with E-state index in [4.69, 9.17) is 0 Å². The van der Waals surface area contributed by atoms with E-state index >= 15 is 0 Å². The van der Waals surface area contributed by atoms with Crippen molar-refractivity contribution in [1.29, 1.82) is 0 Å². The van der Waals surface area contributed by atoms with Gasteiger partial charge in [-0.15, -0.1) is 0 Å². The molecule has 6 nitrogen and oxygen atoms in total. The Morgan fingerprint density at radius 1 is 1.00 bits per heavy atom. The van der Waals surface area contributed by atoms with Crippen LogP contribution in [0.25, 0.3) is 0 Å². The van der Waals surface area contributed by atoms with Crippen molar-refractivity contribution in [2.24, 2.45) is 0 Å². The van der Waals surface area contributed by atoms with Crippen molar-refractivity contribution in [3.05, 3.63) is 69.6 Å². The zero-order valence-electron chi connectivity index (χ0n) is 15.1. The third-order valence-electron chi connectivity index (χ3n) is 3.73. The Bertz CT molecular complexity index is 943. The Balaban J connectivity index is 1.69. The first-order chi connectivity index (χ1) is 13.0. The standard InChI is InChI=1S/C20H20IN5O/c1-3-22-18-12-19(24-13(2)23-18)25-14-8-10-15(11-9-14)26-20(27)16-6-4-5-7-17(16)21/h4-12H,3H2,1-2H3,(H,26,27)(H2,22,23,24,25). The summed E-state index contributed by atoms with van der Waals surface area (Å²) in [6.45, 7) is 4.67. The van der Waals surface area contributed by atoms with E-state index in [2.05, 4.69) is 48.5 Å². The van der Waals surface area contributed by atoms with E-state index in [-0.39, 0.29) is 5.91 Å². The molecule has 0 saturated carbocycles. The largest absolute Gasteiger partial charge is 0.370 e. The lowest BCUT2D eigenvalue weighted by molar-refractivity contribution is 0.102. The third-order valence-corrected chi connectivity index (χ3v) is 4.67. The first-order valence-electron chi connectivity index (χ1n) is 8.57. The van der Waals surface area contributed by atoms with E-state index in [1.54, 1.807) is 0 Å². The van der Waals surface area contributed by atoms with Gasteiger partial charge in [-0.05, 0) is 72.8 Å². The number of anilines is 4. The molecule has 138 valence electrons. The number of nitrogens with one attached hydrogen (secondary N) is 3. The van der Waals surface area contributed by atoms with Gasteiger partial charge in [0.15, 0.2) is 0 Å². The van der Waals surface area contributed by atoms with Gasteiger partial charge in [-0.3, -0.25) is 4.79 Å². The highest BCUT2D eigenvalue weighted by Crippen LogP contribution is 2.20. The number of hydrogen-bond donors (Lipinski definition) is 3. The quantitative estimate of drug-likeness (QED) is 0.448. The molecular weight excluding hydrogens is 453 g/mol. The van der Waals surface area contributed by atoms with Crippen LogP contribution in [0.15, 0.2) is 54.6 Å². The zero-order valence-corrected chi connectivity index (χ0v) is 17.2.